The Morgan fingerprint density at radius 1 is 1.43 bits per heavy atom. The second-order valence-corrected chi connectivity index (χ2v) is 5.94. The molecule has 0 spiro atoms. The van der Waals surface area contributed by atoms with Crippen LogP contribution in [0.15, 0.2) is 30.3 Å². The van der Waals surface area contributed by atoms with Crippen molar-refractivity contribution in [2.45, 2.75) is 25.0 Å². The zero-order valence-corrected chi connectivity index (χ0v) is 10.9. The van der Waals surface area contributed by atoms with Crippen LogP contribution in [-0.4, -0.2) is 21.9 Å². The first-order chi connectivity index (χ1) is 6.58. The maximum atomic E-state index is 10.4. The summed E-state index contributed by atoms with van der Waals surface area (Å²) in [5.74, 6) is 0.251. The van der Waals surface area contributed by atoms with Gasteiger partial charge in [0, 0.05) is 5.92 Å². The lowest BCUT2D eigenvalue weighted by molar-refractivity contribution is -0.136. The molecule has 0 saturated carbocycles. The van der Waals surface area contributed by atoms with E-state index in [1.807, 2.05) is 25.1 Å². The summed E-state index contributed by atoms with van der Waals surface area (Å²) in [6.07, 6.45) is 0. The number of hydrogen-bond donors (Lipinski definition) is 0. The Morgan fingerprint density at radius 3 is 2.50 bits per heavy atom. The van der Waals surface area contributed by atoms with Crippen molar-refractivity contribution in [2.75, 3.05) is 0 Å². The molecule has 1 aromatic carbocycles. The molecule has 0 saturated heterocycles. The smallest absolute Gasteiger partial charge is 0.293 e. The molecule has 1 rings (SSSR count). The van der Waals surface area contributed by atoms with Gasteiger partial charge in [0.05, 0.1) is 15.5 Å². The van der Waals surface area contributed by atoms with Crippen LogP contribution in [-0.2, 0) is 9.53 Å². The third-order valence-corrected chi connectivity index (χ3v) is 3.80. The Hall–Kier alpha value is -1.09. The summed E-state index contributed by atoms with van der Waals surface area (Å²) in [6, 6.07) is 10.1. The van der Waals surface area contributed by atoms with Gasteiger partial charge in [0.2, 0.25) is 0 Å². The van der Waals surface area contributed by atoms with E-state index in [0.717, 1.165) is 10.2 Å². The molecule has 0 aliphatic heterocycles. The Labute approximate surface area is 87.7 Å². The molecule has 14 heavy (non-hydrogen) atoms. The zero-order valence-electron chi connectivity index (χ0n) is 8.86. The predicted octanol–water partition coefficient (Wildman–Crippen LogP) is 1.04. The van der Waals surface area contributed by atoms with E-state index in [1.165, 1.54) is 5.56 Å². The van der Waals surface area contributed by atoms with Crippen LogP contribution in [0.2, 0.25) is 0 Å². The third-order valence-electron chi connectivity index (χ3n) is 2.69. The summed E-state index contributed by atoms with van der Waals surface area (Å²) in [6.45, 7) is 4.61. The summed E-state index contributed by atoms with van der Waals surface area (Å²) in [5.41, 5.74) is 1.21. The first kappa shape index (κ1) is 11.0. The highest BCUT2D eigenvalue weighted by Crippen LogP contribution is 2.27. The summed E-state index contributed by atoms with van der Waals surface area (Å²) in [7, 11) is 0.823. The van der Waals surface area contributed by atoms with Gasteiger partial charge in [-0.3, -0.25) is 4.79 Å². The number of carbonyl (C=O) groups is 1. The highest BCUT2D eigenvalue weighted by molar-refractivity contribution is 6.15. The minimum Gasteiger partial charge on any atom is -0.466 e. The molecule has 1 aromatic rings. The van der Waals surface area contributed by atoms with Gasteiger partial charge in [-0.15, -0.1) is 0 Å². The normalized spacial score (nSPS) is 17.0. The number of benzene rings is 1. The second kappa shape index (κ2) is 4.42. The number of rotatable bonds is 4. The first-order valence-electron chi connectivity index (χ1n) is 4.74. The lowest BCUT2D eigenvalue weighted by Crippen LogP contribution is -2.34. The molecule has 0 heterocycles. The average molecular weight is 208 g/mol. The predicted molar refractivity (Wildman–Crippen MR) is 60.4 cm³/mol. The molecular formula is C11H16O2Si. The van der Waals surface area contributed by atoms with Crippen molar-refractivity contribution in [1.29, 1.82) is 0 Å². The molecule has 0 N–H and O–H groups in total. The molecule has 0 fully saturated rings. The molecule has 0 aliphatic rings. The molecule has 0 bridgehead atoms. The van der Waals surface area contributed by atoms with E-state index in [9.17, 15) is 4.79 Å². The van der Waals surface area contributed by atoms with E-state index in [1.54, 1.807) is 0 Å². The Kier molecular flexibility index (Phi) is 3.47. The molecular weight excluding hydrogens is 192 g/mol. The summed E-state index contributed by atoms with van der Waals surface area (Å²) in [5, 5.41) is -0.316. The molecule has 0 amide bonds. The molecule has 0 aliphatic carbocycles. The van der Waals surface area contributed by atoms with Gasteiger partial charge in [-0.2, -0.15) is 0 Å². The summed E-state index contributed by atoms with van der Waals surface area (Å²) >= 11 is 0. The van der Waals surface area contributed by atoms with Gasteiger partial charge >= 0.3 is 0 Å². The molecule has 3 heteroatoms. The van der Waals surface area contributed by atoms with Crippen molar-refractivity contribution < 1.29 is 9.53 Å². The van der Waals surface area contributed by atoms with Crippen molar-refractivity contribution >= 4 is 16.7 Å². The molecule has 2 nitrogen and oxygen atoms in total. The Morgan fingerprint density at radius 2 is 2.00 bits per heavy atom. The standard InChI is InChI=1S/C11H16O2Si/c1-9(11(2,14)13-8-12)10-6-4-3-5-7-10/h3-9H,1-2,14H3. The van der Waals surface area contributed by atoms with E-state index >= 15 is 0 Å². The van der Waals surface area contributed by atoms with Crippen LogP contribution < -0.4 is 0 Å². The van der Waals surface area contributed by atoms with Gasteiger partial charge in [0.25, 0.3) is 6.47 Å². The zero-order chi connectivity index (χ0) is 10.6. The van der Waals surface area contributed by atoms with Crippen molar-refractivity contribution in [3.05, 3.63) is 35.9 Å². The van der Waals surface area contributed by atoms with Crippen LogP contribution in [0.5, 0.6) is 0 Å². The Bertz CT molecular complexity index is 295. The number of ether oxygens (including phenoxy) is 1. The van der Waals surface area contributed by atoms with Crippen molar-refractivity contribution in [3.63, 3.8) is 0 Å². The minimum absolute atomic E-state index is 0.251. The molecule has 0 aromatic heterocycles. The maximum Gasteiger partial charge on any atom is 0.293 e. The van der Waals surface area contributed by atoms with Crippen LogP contribution in [0.25, 0.3) is 0 Å². The molecule has 0 radical (unpaired) electrons. The van der Waals surface area contributed by atoms with E-state index in [2.05, 4.69) is 19.1 Å². The number of hydrogen-bond acceptors (Lipinski definition) is 2. The van der Waals surface area contributed by atoms with Crippen molar-refractivity contribution in [1.82, 2.24) is 0 Å². The fourth-order valence-electron chi connectivity index (χ4n) is 1.37. The van der Waals surface area contributed by atoms with Crippen molar-refractivity contribution in [2.24, 2.45) is 0 Å². The van der Waals surface area contributed by atoms with Gasteiger partial charge in [-0.05, 0) is 12.5 Å². The van der Waals surface area contributed by atoms with Gasteiger partial charge in [0.15, 0.2) is 0 Å². The highest BCUT2D eigenvalue weighted by atomic mass is 28.1. The van der Waals surface area contributed by atoms with Crippen LogP contribution in [0, 0.1) is 0 Å². The first-order valence-corrected chi connectivity index (χ1v) is 5.74. The largest absolute Gasteiger partial charge is 0.466 e. The SMILES string of the molecule is CC(c1ccccc1)C(C)([SiH3])OC=O. The van der Waals surface area contributed by atoms with E-state index in [0.29, 0.717) is 6.47 Å². The van der Waals surface area contributed by atoms with Gasteiger partial charge < -0.3 is 4.74 Å². The molecule has 2 unspecified atom stereocenters. The quantitative estimate of drug-likeness (QED) is 0.546. The third kappa shape index (κ3) is 2.45. The lowest BCUT2D eigenvalue weighted by Gasteiger charge is -2.30. The van der Waals surface area contributed by atoms with Gasteiger partial charge in [0.1, 0.15) is 0 Å². The van der Waals surface area contributed by atoms with Crippen LogP contribution in [0.1, 0.15) is 25.3 Å². The van der Waals surface area contributed by atoms with Crippen LogP contribution in [0.3, 0.4) is 0 Å². The van der Waals surface area contributed by atoms with Gasteiger partial charge in [-0.25, -0.2) is 0 Å². The summed E-state index contributed by atoms with van der Waals surface area (Å²) in [4.78, 5) is 10.4. The van der Waals surface area contributed by atoms with E-state index < -0.39 is 0 Å². The van der Waals surface area contributed by atoms with Crippen LogP contribution >= 0.6 is 0 Å². The molecule has 76 valence electrons. The number of carbonyl (C=O) groups excluding carboxylic acids is 1. The fraction of sp³-hybridized carbons (Fsp3) is 0.364. The summed E-state index contributed by atoms with van der Waals surface area (Å²) < 4.78 is 5.13. The maximum absolute atomic E-state index is 10.4. The van der Waals surface area contributed by atoms with E-state index in [4.69, 9.17) is 4.74 Å². The monoisotopic (exact) mass is 208 g/mol. The fourth-order valence-corrected chi connectivity index (χ4v) is 1.80. The minimum atomic E-state index is -0.316. The van der Waals surface area contributed by atoms with Crippen LogP contribution in [0.4, 0.5) is 0 Å². The van der Waals surface area contributed by atoms with Gasteiger partial charge in [-0.1, -0.05) is 37.3 Å². The highest BCUT2D eigenvalue weighted by Gasteiger charge is 2.27. The van der Waals surface area contributed by atoms with E-state index in [-0.39, 0.29) is 11.1 Å². The van der Waals surface area contributed by atoms with Crippen molar-refractivity contribution in [3.8, 4) is 0 Å². The molecule has 2 atom stereocenters. The average Bonchev–Trinajstić information content (AvgIpc) is 2.18. The second-order valence-electron chi connectivity index (χ2n) is 3.95. The lowest BCUT2D eigenvalue weighted by atomic mass is 9.95. The topological polar surface area (TPSA) is 26.3 Å². The Balaban J connectivity index is 2.84.